The smallest absolute Gasteiger partial charge is 0.0105 e. The molecule has 2 rings (SSSR count). The van der Waals surface area contributed by atoms with E-state index in [0.717, 1.165) is 24.9 Å². The second-order valence-corrected chi connectivity index (χ2v) is 5.18. The van der Waals surface area contributed by atoms with Gasteiger partial charge in [0.05, 0.1) is 0 Å². The minimum absolute atomic E-state index is 0.810. The Morgan fingerprint density at radius 3 is 2.13 bits per heavy atom. The van der Waals surface area contributed by atoms with Crippen molar-refractivity contribution in [2.45, 2.75) is 25.7 Å². The highest BCUT2D eigenvalue weighted by atomic mass is 15.1. The molecule has 1 saturated heterocycles. The summed E-state index contributed by atoms with van der Waals surface area (Å²) in [5.74, 6) is 1.93. The number of nitrogens with zero attached hydrogens (tertiary/aromatic N) is 1. The van der Waals surface area contributed by atoms with Crippen LogP contribution in [0.1, 0.15) is 25.7 Å². The topological polar surface area (TPSA) is 41.3 Å². The fraction of sp³-hybridized carbons (Fsp3) is 1.00. The fourth-order valence-corrected chi connectivity index (χ4v) is 2.41. The predicted octanol–water partition coefficient (Wildman–Crippen LogP) is 0.657. The molecule has 0 aromatic heterocycles. The third kappa shape index (κ3) is 4.09. The maximum Gasteiger partial charge on any atom is 0.0105 e. The van der Waals surface area contributed by atoms with Crippen LogP contribution in [0.3, 0.4) is 0 Å². The van der Waals surface area contributed by atoms with E-state index in [1.165, 1.54) is 51.9 Å². The van der Waals surface area contributed by atoms with Crippen molar-refractivity contribution in [3.8, 4) is 0 Å². The number of likely N-dealkylation sites (tertiary alicyclic amines) is 1. The molecule has 1 aliphatic carbocycles. The van der Waals surface area contributed by atoms with Gasteiger partial charge in [-0.25, -0.2) is 0 Å². The largest absolute Gasteiger partial charge is 0.329 e. The van der Waals surface area contributed by atoms with E-state index in [1.807, 2.05) is 0 Å². The molecule has 3 N–H and O–H groups in total. The van der Waals surface area contributed by atoms with E-state index in [2.05, 4.69) is 10.2 Å². The van der Waals surface area contributed by atoms with E-state index in [4.69, 9.17) is 5.73 Å². The Bertz CT molecular complexity index is 172. The van der Waals surface area contributed by atoms with E-state index < -0.39 is 0 Å². The molecule has 2 aliphatic rings. The highest BCUT2D eigenvalue weighted by molar-refractivity contribution is 4.78. The van der Waals surface area contributed by atoms with Gasteiger partial charge < -0.3 is 16.0 Å². The average Bonchev–Trinajstić information content (AvgIpc) is 3.05. The summed E-state index contributed by atoms with van der Waals surface area (Å²) in [6, 6.07) is 0. The second-order valence-electron chi connectivity index (χ2n) is 5.18. The lowest BCUT2D eigenvalue weighted by atomic mass is 9.97. The van der Waals surface area contributed by atoms with Crippen molar-refractivity contribution in [2.24, 2.45) is 17.6 Å². The van der Waals surface area contributed by atoms with Gasteiger partial charge in [-0.2, -0.15) is 0 Å². The molecule has 0 atom stereocenters. The molecule has 0 unspecified atom stereocenters. The van der Waals surface area contributed by atoms with E-state index in [0.29, 0.717) is 0 Å². The number of piperidine rings is 1. The zero-order valence-electron chi connectivity index (χ0n) is 9.75. The van der Waals surface area contributed by atoms with Crippen LogP contribution in [0.15, 0.2) is 0 Å². The quantitative estimate of drug-likeness (QED) is 0.678. The van der Waals surface area contributed by atoms with Gasteiger partial charge in [0.2, 0.25) is 0 Å². The number of hydrogen-bond donors (Lipinski definition) is 2. The highest BCUT2D eigenvalue weighted by Gasteiger charge is 2.22. The first-order chi connectivity index (χ1) is 7.38. The van der Waals surface area contributed by atoms with Crippen LogP contribution in [-0.2, 0) is 0 Å². The van der Waals surface area contributed by atoms with Crippen LogP contribution >= 0.6 is 0 Å². The Labute approximate surface area is 93.4 Å². The van der Waals surface area contributed by atoms with Gasteiger partial charge in [-0.3, -0.25) is 0 Å². The van der Waals surface area contributed by atoms with Gasteiger partial charge in [-0.05, 0) is 63.7 Å². The monoisotopic (exact) mass is 211 g/mol. The summed E-state index contributed by atoms with van der Waals surface area (Å²) in [4.78, 5) is 2.50. The summed E-state index contributed by atoms with van der Waals surface area (Å²) in [7, 11) is 0. The lowest BCUT2D eigenvalue weighted by Crippen LogP contribution is -2.39. The van der Waals surface area contributed by atoms with Crippen LogP contribution in [0.5, 0.6) is 0 Å². The van der Waals surface area contributed by atoms with Gasteiger partial charge in [0, 0.05) is 13.1 Å². The molecule has 88 valence electrons. The van der Waals surface area contributed by atoms with Crippen molar-refractivity contribution < 1.29 is 0 Å². The number of rotatable bonds is 6. The molecular weight excluding hydrogens is 186 g/mol. The van der Waals surface area contributed by atoms with Gasteiger partial charge in [-0.1, -0.05) is 0 Å². The normalized spacial score (nSPS) is 24.6. The predicted molar refractivity (Wildman–Crippen MR) is 63.8 cm³/mol. The number of hydrogen-bond acceptors (Lipinski definition) is 3. The molecule has 15 heavy (non-hydrogen) atoms. The van der Waals surface area contributed by atoms with Crippen LogP contribution in [0.2, 0.25) is 0 Å². The number of nitrogens with one attached hydrogen (secondary N) is 1. The van der Waals surface area contributed by atoms with Gasteiger partial charge in [0.25, 0.3) is 0 Å². The molecule has 0 amide bonds. The number of nitrogens with two attached hydrogens (primary N) is 1. The van der Waals surface area contributed by atoms with Crippen molar-refractivity contribution >= 4 is 0 Å². The Balaban J connectivity index is 1.52. The third-order valence-electron chi connectivity index (χ3n) is 3.72. The summed E-state index contributed by atoms with van der Waals surface area (Å²) in [5, 5.41) is 3.62. The van der Waals surface area contributed by atoms with Crippen molar-refractivity contribution in [3.63, 3.8) is 0 Å². The Morgan fingerprint density at radius 2 is 1.60 bits per heavy atom. The van der Waals surface area contributed by atoms with Crippen LogP contribution < -0.4 is 11.1 Å². The first-order valence-corrected chi connectivity index (χ1v) is 6.51. The standard InChI is InChI=1S/C12H25N3/c13-5-8-15-6-3-12(4-7-15)10-14-9-11-1-2-11/h11-12,14H,1-10,13H2. The molecule has 0 aromatic carbocycles. The Hall–Kier alpha value is -0.120. The molecule has 1 saturated carbocycles. The van der Waals surface area contributed by atoms with Gasteiger partial charge in [-0.15, -0.1) is 0 Å². The first kappa shape index (κ1) is 11.4. The molecule has 3 heteroatoms. The third-order valence-corrected chi connectivity index (χ3v) is 3.72. The van der Waals surface area contributed by atoms with Gasteiger partial charge in [0.1, 0.15) is 0 Å². The van der Waals surface area contributed by atoms with Crippen LogP contribution in [0, 0.1) is 11.8 Å². The molecule has 1 aliphatic heterocycles. The van der Waals surface area contributed by atoms with Crippen molar-refractivity contribution in [1.82, 2.24) is 10.2 Å². The van der Waals surface area contributed by atoms with E-state index in [9.17, 15) is 0 Å². The molecule has 3 nitrogen and oxygen atoms in total. The van der Waals surface area contributed by atoms with E-state index in [1.54, 1.807) is 0 Å². The highest BCUT2D eigenvalue weighted by Crippen LogP contribution is 2.27. The Kier molecular flexibility index (Phi) is 4.42. The molecule has 0 aromatic rings. The minimum Gasteiger partial charge on any atom is -0.329 e. The second kappa shape index (κ2) is 5.83. The van der Waals surface area contributed by atoms with Gasteiger partial charge >= 0.3 is 0 Å². The van der Waals surface area contributed by atoms with Crippen molar-refractivity contribution in [3.05, 3.63) is 0 Å². The van der Waals surface area contributed by atoms with Crippen molar-refractivity contribution in [1.29, 1.82) is 0 Å². The summed E-state index contributed by atoms with van der Waals surface area (Å²) in [6.45, 7) is 6.92. The lowest BCUT2D eigenvalue weighted by molar-refractivity contribution is 0.186. The van der Waals surface area contributed by atoms with E-state index >= 15 is 0 Å². The maximum absolute atomic E-state index is 5.56. The van der Waals surface area contributed by atoms with Crippen LogP contribution in [-0.4, -0.2) is 44.2 Å². The van der Waals surface area contributed by atoms with Crippen LogP contribution in [0.4, 0.5) is 0 Å². The maximum atomic E-state index is 5.56. The minimum atomic E-state index is 0.810. The summed E-state index contributed by atoms with van der Waals surface area (Å²) in [6.07, 6.45) is 5.64. The Morgan fingerprint density at radius 1 is 1.00 bits per heavy atom. The summed E-state index contributed by atoms with van der Waals surface area (Å²) < 4.78 is 0. The van der Waals surface area contributed by atoms with E-state index in [-0.39, 0.29) is 0 Å². The molecular formula is C12H25N3. The fourth-order valence-electron chi connectivity index (χ4n) is 2.41. The van der Waals surface area contributed by atoms with Gasteiger partial charge in [0.15, 0.2) is 0 Å². The molecule has 0 bridgehead atoms. The average molecular weight is 211 g/mol. The van der Waals surface area contributed by atoms with Crippen molar-refractivity contribution in [2.75, 3.05) is 39.3 Å². The molecule has 0 radical (unpaired) electrons. The summed E-state index contributed by atoms with van der Waals surface area (Å²) in [5.41, 5.74) is 5.56. The SMILES string of the molecule is NCCN1CCC(CNCC2CC2)CC1. The summed E-state index contributed by atoms with van der Waals surface area (Å²) >= 11 is 0. The zero-order chi connectivity index (χ0) is 10.5. The molecule has 0 spiro atoms. The molecule has 1 heterocycles. The molecule has 2 fully saturated rings. The lowest BCUT2D eigenvalue weighted by Gasteiger charge is -2.31. The van der Waals surface area contributed by atoms with Crippen LogP contribution in [0.25, 0.3) is 0 Å². The first-order valence-electron chi connectivity index (χ1n) is 6.51. The zero-order valence-corrected chi connectivity index (χ0v) is 9.75.